The third-order valence-corrected chi connectivity index (χ3v) is 5.00. The molecule has 0 N–H and O–H groups in total. The Morgan fingerprint density at radius 2 is 1.90 bits per heavy atom. The van der Waals surface area contributed by atoms with E-state index in [1.54, 1.807) is 23.9 Å². The van der Waals surface area contributed by atoms with Gasteiger partial charge in [0.15, 0.2) is 0 Å². The summed E-state index contributed by atoms with van der Waals surface area (Å²) in [5.41, 5.74) is 1.85. The van der Waals surface area contributed by atoms with Crippen LogP contribution in [0.25, 0.3) is 5.69 Å². The number of alkyl halides is 3. The minimum Gasteiger partial charge on any atom is -0.497 e. The van der Waals surface area contributed by atoms with Gasteiger partial charge in [0.1, 0.15) is 12.0 Å². The van der Waals surface area contributed by atoms with Gasteiger partial charge in [-0.2, -0.15) is 13.2 Å². The molecule has 4 nitrogen and oxygen atoms in total. The first-order chi connectivity index (χ1) is 13.9. The van der Waals surface area contributed by atoms with Crippen LogP contribution in [0.3, 0.4) is 0 Å². The molecule has 1 aliphatic rings. The van der Waals surface area contributed by atoms with Crippen molar-refractivity contribution in [3.8, 4) is 11.4 Å². The molecule has 2 heterocycles. The van der Waals surface area contributed by atoms with E-state index in [1.165, 1.54) is 6.07 Å². The molecule has 0 aliphatic carbocycles. The molecule has 152 valence electrons. The van der Waals surface area contributed by atoms with Gasteiger partial charge in [-0.05, 0) is 42.0 Å². The topological polar surface area (TPSA) is 26.6 Å². The maximum Gasteiger partial charge on any atom is 0.416 e. The molecule has 1 atom stereocenters. The van der Waals surface area contributed by atoms with E-state index in [-0.39, 0.29) is 6.23 Å². The number of ether oxygens (including phenoxy) is 2. The van der Waals surface area contributed by atoms with Crippen molar-refractivity contribution in [2.24, 2.45) is 0 Å². The number of nitrogens with zero attached hydrogens (tertiary/aromatic N) is 2. The van der Waals surface area contributed by atoms with Crippen LogP contribution in [0.15, 0.2) is 67.0 Å². The van der Waals surface area contributed by atoms with E-state index in [2.05, 4.69) is 4.90 Å². The highest BCUT2D eigenvalue weighted by atomic mass is 19.4. The zero-order valence-corrected chi connectivity index (χ0v) is 15.9. The van der Waals surface area contributed by atoms with Crippen LogP contribution in [0.2, 0.25) is 0 Å². The third kappa shape index (κ3) is 4.31. The summed E-state index contributed by atoms with van der Waals surface area (Å²) >= 11 is 0. The smallest absolute Gasteiger partial charge is 0.416 e. The van der Waals surface area contributed by atoms with E-state index in [0.29, 0.717) is 18.8 Å². The number of benzene rings is 2. The molecule has 0 bridgehead atoms. The van der Waals surface area contributed by atoms with Crippen LogP contribution >= 0.6 is 0 Å². The second-order valence-corrected chi connectivity index (χ2v) is 6.94. The normalized spacial score (nSPS) is 17.6. The first kappa shape index (κ1) is 19.5. The van der Waals surface area contributed by atoms with Crippen molar-refractivity contribution in [3.63, 3.8) is 0 Å². The van der Waals surface area contributed by atoms with Crippen LogP contribution in [0.1, 0.15) is 22.9 Å². The molecule has 1 aliphatic heterocycles. The van der Waals surface area contributed by atoms with E-state index in [1.807, 2.05) is 36.5 Å². The minimum atomic E-state index is -4.37. The maximum atomic E-state index is 13.0. The summed E-state index contributed by atoms with van der Waals surface area (Å²) < 4.78 is 51.8. The second kappa shape index (κ2) is 7.93. The van der Waals surface area contributed by atoms with E-state index in [0.717, 1.165) is 35.6 Å². The van der Waals surface area contributed by atoms with Crippen molar-refractivity contribution < 1.29 is 22.6 Å². The zero-order chi connectivity index (χ0) is 20.4. The molecule has 1 unspecified atom stereocenters. The Hall–Kier alpha value is -2.77. The predicted octanol–water partition coefficient (Wildman–Crippen LogP) is 5.04. The lowest BCUT2D eigenvalue weighted by Gasteiger charge is -2.22. The van der Waals surface area contributed by atoms with Crippen molar-refractivity contribution in [1.29, 1.82) is 0 Å². The second-order valence-electron chi connectivity index (χ2n) is 6.94. The maximum absolute atomic E-state index is 13.0. The van der Waals surface area contributed by atoms with Crippen LogP contribution in [-0.2, 0) is 17.5 Å². The van der Waals surface area contributed by atoms with Gasteiger partial charge >= 0.3 is 6.18 Å². The summed E-state index contributed by atoms with van der Waals surface area (Å²) in [6, 6.07) is 15.1. The quantitative estimate of drug-likeness (QED) is 0.599. The van der Waals surface area contributed by atoms with E-state index < -0.39 is 11.7 Å². The average Bonchev–Trinajstić information content (AvgIpc) is 3.37. The van der Waals surface area contributed by atoms with Crippen molar-refractivity contribution >= 4 is 0 Å². The molecule has 1 aromatic heterocycles. The predicted molar refractivity (Wildman–Crippen MR) is 103 cm³/mol. The number of halogens is 3. The third-order valence-electron chi connectivity index (χ3n) is 5.00. The lowest BCUT2D eigenvalue weighted by molar-refractivity contribution is -0.137. The van der Waals surface area contributed by atoms with Gasteiger partial charge < -0.3 is 14.0 Å². The Kier molecular flexibility index (Phi) is 5.34. The first-order valence-electron chi connectivity index (χ1n) is 9.28. The largest absolute Gasteiger partial charge is 0.497 e. The van der Waals surface area contributed by atoms with Gasteiger partial charge in [-0.3, -0.25) is 4.90 Å². The van der Waals surface area contributed by atoms with Gasteiger partial charge in [0.05, 0.1) is 19.3 Å². The summed E-state index contributed by atoms with van der Waals surface area (Å²) in [6.45, 7) is 2.10. The number of rotatable bonds is 5. The standard InChI is InChI=1S/C22H21F3N2O2/c1-28-20-7-5-16(6-8-20)14-27-11-12-29-21(27)17-9-10-26(15-17)19-4-2-3-18(13-19)22(23,24)25/h2-10,13,15,21H,11-12,14H2,1H3. The van der Waals surface area contributed by atoms with E-state index >= 15 is 0 Å². The van der Waals surface area contributed by atoms with Gasteiger partial charge in [0, 0.05) is 36.7 Å². The van der Waals surface area contributed by atoms with Gasteiger partial charge in [-0.25, -0.2) is 0 Å². The minimum absolute atomic E-state index is 0.232. The summed E-state index contributed by atoms with van der Waals surface area (Å²) in [5, 5.41) is 0. The fraction of sp³-hybridized carbons (Fsp3) is 0.273. The molecule has 0 spiro atoms. The summed E-state index contributed by atoms with van der Waals surface area (Å²) in [5.74, 6) is 0.807. The number of aromatic nitrogens is 1. The van der Waals surface area contributed by atoms with E-state index in [9.17, 15) is 13.2 Å². The lowest BCUT2D eigenvalue weighted by Crippen LogP contribution is -2.23. The van der Waals surface area contributed by atoms with Crippen LogP contribution in [-0.4, -0.2) is 29.7 Å². The number of hydrogen-bond donors (Lipinski definition) is 0. The van der Waals surface area contributed by atoms with Crippen LogP contribution in [0, 0.1) is 0 Å². The SMILES string of the molecule is COc1ccc(CN2CCOC2c2ccn(-c3cccc(C(F)(F)F)c3)c2)cc1. The molecule has 1 saturated heterocycles. The number of methoxy groups -OCH3 is 1. The Morgan fingerprint density at radius 1 is 1.10 bits per heavy atom. The molecular formula is C22H21F3N2O2. The molecule has 4 rings (SSSR count). The first-order valence-corrected chi connectivity index (χ1v) is 9.28. The highest BCUT2D eigenvalue weighted by Gasteiger charge is 2.31. The van der Waals surface area contributed by atoms with Gasteiger partial charge in [0.25, 0.3) is 0 Å². The van der Waals surface area contributed by atoms with Gasteiger partial charge in [-0.15, -0.1) is 0 Å². The van der Waals surface area contributed by atoms with E-state index in [4.69, 9.17) is 9.47 Å². The Balaban J connectivity index is 1.52. The molecule has 3 aromatic rings. The Morgan fingerprint density at radius 3 is 2.62 bits per heavy atom. The van der Waals surface area contributed by atoms with Gasteiger partial charge in [0.2, 0.25) is 0 Å². The molecular weight excluding hydrogens is 381 g/mol. The van der Waals surface area contributed by atoms with Crippen LogP contribution in [0.5, 0.6) is 5.75 Å². The molecule has 0 amide bonds. The fourth-order valence-corrected chi connectivity index (χ4v) is 3.50. The Bertz CT molecular complexity index is 967. The van der Waals surface area contributed by atoms with Crippen LogP contribution in [0.4, 0.5) is 13.2 Å². The molecule has 29 heavy (non-hydrogen) atoms. The fourth-order valence-electron chi connectivity index (χ4n) is 3.50. The van der Waals surface area contributed by atoms with Crippen LogP contribution < -0.4 is 4.74 Å². The summed E-state index contributed by atoms with van der Waals surface area (Å²) in [4.78, 5) is 2.20. The Labute approximate surface area is 167 Å². The highest BCUT2D eigenvalue weighted by molar-refractivity contribution is 5.39. The molecule has 1 fully saturated rings. The summed E-state index contributed by atoms with van der Waals surface area (Å²) in [6.07, 6.45) is -1.01. The van der Waals surface area contributed by atoms with Crippen molar-refractivity contribution in [2.75, 3.05) is 20.3 Å². The van der Waals surface area contributed by atoms with Gasteiger partial charge in [-0.1, -0.05) is 18.2 Å². The van der Waals surface area contributed by atoms with Crippen molar-refractivity contribution in [3.05, 3.63) is 83.7 Å². The molecule has 2 aromatic carbocycles. The zero-order valence-electron chi connectivity index (χ0n) is 15.9. The number of hydrogen-bond acceptors (Lipinski definition) is 3. The lowest BCUT2D eigenvalue weighted by atomic mass is 10.2. The monoisotopic (exact) mass is 402 g/mol. The van der Waals surface area contributed by atoms with Crippen molar-refractivity contribution in [1.82, 2.24) is 9.47 Å². The van der Waals surface area contributed by atoms with Crippen molar-refractivity contribution in [2.45, 2.75) is 18.9 Å². The molecule has 0 radical (unpaired) electrons. The average molecular weight is 402 g/mol. The molecule has 7 heteroatoms. The summed E-state index contributed by atoms with van der Waals surface area (Å²) in [7, 11) is 1.63. The highest BCUT2D eigenvalue weighted by Crippen LogP contribution is 2.32. The molecule has 0 saturated carbocycles.